The maximum atomic E-state index is 12.4. The van der Waals surface area contributed by atoms with E-state index in [1.54, 1.807) is 12.1 Å². The standard InChI is InChI=1S/C19H22N2O5S/c1-13-4-9-18(26-3)17(12-13)21-19(23)10-11-27(24,25)16-7-5-15(6-8-16)20-14(2)22/h4-9,12H,10-11H2,1-3H3,(H,20,22)(H,21,23). The Labute approximate surface area is 158 Å². The number of ether oxygens (including phenoxy) is 1. The molecule has 2 aromatic carbocycles. The van der Waals surface area contributed by atoms with Gasteiger partial charge >= 0.3 is 0 Å². The molecular formula is C19H22N2O5S. The van der Waals surface area contributed by atoms with Crippen molar-refractivity contribution in [2.45, 2.75) is 25.2 Å². The van der Waals surface area contributed by atoms with Crippen molar-refractivity contribution in [3.05, 3.63) is 48.0 Å². The highest BCUT2D eigenvalue weighted by molar-refractivity contribution is 7.91. The predicted molar refractivity (Wildman–Crippen MR) is 104 cm³/mol. The summed E-state index contributed by atoms with van der Waals surface area (Å²) in [4.78, 5) is 23.3. The number of rotatable bonds is 7. The van der Waals surface area contributed by atoms with Gasteiger partial charge in [0.15, 0.2) is 9.84 Å². The molecule has 0 aliphatic heterocycles. The number of sulfone groups is 1. The fraction of sp³-hybridized carbons (Fsp3) is 0.263. The lowest BCUT2D eigenvalue weighted by Crippen LogP contribution is -2.18. The first kappa shape index (κ1) is 20.4. The Morgan fingerprint density at radius 3 is 2.30 bits per heavy atom. The highest BCUT2D eigenvalue weighted by atomic mass is 32.2. The van der Waals surface area contributed by atoms with E-state index in [1.807, 2.05) is 13.0 Å². The van der Waals surface area contributed by atoms with Gasteiger partial charge in [-0.25, -0.2) is 8.42 Å². The molecule has 0 radical (unpaired) electrons. The van der Waals surface area contributed by atoms with Crippen LogP contribution in [0.5, 0.6) is 5.75 Å². The van der Waals surface area contributed by atoms with Gasteiger partial charge in [0, 0.05) is 19.0 Å². The molecule has 2 N–H and O–H groups in total. The lowest BCUT2D eigenvalue weighted by molar-refractivity contribution is -0.116. The van der Waals surface area contributed by atoms with Gasteiger partial charge in [-0.2, -0.15) is 0 Å². The van der Waals surface area contributed by atoms with Crippen molar-refractivity contribution in [3.8, 4) is 5.75 Å². The lowest BCUT2D eigenvalue weighted by atomic mass is 10.2. The molecule has 0 unspecified atom stereocenters. The summed E-state index contributed by atoms with van der Waals surface area (Å²) in [6, 6.07) is 11.2. The molecule has 2 aromatic rings. The zero-order valence-corrected chi connectivity index (χ0v) is 16.2. The summed E-state index contributed by atoms with van der Waals surface area (Å²) in [6.07, 6.45) is -0.188. The van der Waals surface area contributed by atoms with E-state index in [4.69, 9.17) is 4.74 Å². The molecule has 0 aliphatic carbocycles. The number of hydrogen-bond acceptors (Lipinski definition) is 5. The van der Waals surface area contributed by atoms with E-state index in [2.05, 4.69) is 10.6 Å². The fourth-order valence-electron chi connectivity index (χ4n) is 2.43. The molecule has 8 heteroatoms. The van der Waals surface area contributed by atoms with Gasteiger partial charge in [0.1, 0.15) is 5.75 Å². The van der Waals surface area contributed by atoms with Gasteiger partial charge in [-0.05, 0) is 48.9 Å². The molecule has 7 nitrogen and oxygen atoms in total. The number of hydrogen-bond donors (Lipinski definition) is 2. The van der Waals surface area contributed by atoms with Gasteiger partial charge in [-0.1, -0.05) is 6.07 Å². The number of methoxy groups -OCH3 is 1. The van der Waals surface area contributed by atoms with Crippen molar-refractivity contribution < 1.29 is 22.7 Å². The number of amides is 2. The van der Waals surface area contributed by atoms with Crippen LogP contribution >= 0.6 is 0 Å². The van der Waals surface area contributed by atoms with Crippen LogP contribution in [0.2, 0.25) is 0 Å². The molecule has 0 spiro atoms. The predicted octanol–water partition coefficient (Wildman–Crippen LogP) is 2.76. The normalized spacial score (nSPS) is 10.9. The third-order valence-electron chi connectivity index (χ3n) is 3.76. The summed E-state index contributed by atoms with van der Waals surface area (Å²) >= 11 is 0. The van der Waals surface area contributed by atoms with Crippen LogP contribution in [-0.2, 0) is 19.4 Å². The second kappa shape index (κ2) is 8.68. The molecule has 27 heavy (non-hydrogen) atoms. The maximum Gasteiger partial charge on any atom is 0.225 e. The molecule has 2 rings (SSSR count). The molecule has 0 heterocycles. The van der Waals surface area contributed by atoms with Crippen LogP contribution in [0.15, 0.2) is 47.4 Å². The van der Waals surface area contributed by atoms with E-state index in [9.17, 15) is 18.0 Å². The van der Waals surface area contributed by atoms with Crippen LogP contribution in [0.1, 0.15) is 18.9 Å². The molecule has 0 aromatic heterocycles. The van der Waals surface area contributed by atoms with Crippen molar-refractivity contribution in [2.24, 2.45) is 0 Å². The number of benzene rings is 2. The van der Waals surface area contributed by atoms with Crippen molar-refractivity contribution in [2.75, 3.05) is 23.5 Å². The number of carbonyl (C=O) groups excluding carboxylic acids is 2. The van der Waals surface area contributed by atoms with Crippen LogP contribution < -0.4 is 15.4 Å². The number of aryl methyl sites for hydroxylation is 1. The molecular weight excluding hydrogens is 368 g/mol. The van der Waals surface area contributed by atoms with E-state index >= 15 is 0 Å². The minimum atomic E-state index is -3.62. The van der Waals surface area contributed by atoms with Gasteiger partial charge in [0.05, 0.1) is 23.4 Å². The fourth-order valence-corrected chi connectivity index (χ4v) is 3.67. The van der Waals surface area contributed by atoms with Gasteiger partial charge in [-0.3, -0.25) is 9.59 Å². The molecule has 144 valence electrons. The molecule has 0 fully saturated rings. The molecule has 0 saturated carbocycles. The average Bonchev–Trinajstić information content (AvgIpc) is 2.60. The first-order valence-electron chi connectivity index (χ1n) is 8.26. The Balaban J connectivity index is 2.01. The summed E-state index contributed by atoms with van der Waals surface area (Å²) in [7, 11) is -2.13. The Hall–Kier alpha value is -2.87. The van der Waals surface area contributed by atoms with Crippen molar-refractivity contribution >= 4 is 33.0 Å². The molecule has 0 saturated heterocycles. The maximum absolute atomic E-state index is 12.4. The van der Waals surface area contributed by atoms with Gasteiger partial charge in [0.25, 0.3) is 0 Å². The van der Waals surface area contributed by atoms with Gasteiger partial charge in [-0.15, -0.1) is 0 Å². The van der Waals surface area contributed by atoms with Gasteiger partial charge in [0.2, 0.25) is 11.8 Å². The topological polar surface area (TPSA) is 102 Å². The van der Waals surface area contributed by atoms with E-state index in [0.717, 1.165) is 5.56 Å². The van der Waals surface area contributed by atoms with Crippen LogP contribution in [-0.4, -0.2) is 33.1 Å². The summed E-state index contributed by atoms with van der Waals surface area (Å²) in [5.74, 6) is -0.483. The highest BCUT2D eigenvalue weighted by Crippen LogP contribution is 2.25. The largest absolute Gasteiger partial charge is 0.495 e. The van der Waals surface area contributed by atoms with Crippen LogP contribution in [0.25, 0.3) is 0 Å². The SMILES string of the molecule is COc1ccc(C)cc1NC(=O)CCS(=O)(=O)c1ccc(NC(C)=O)cc1. The molecule has 0 atom stereocenters. The summed E-state index contributed by atoms with van der Waals surface area (Å²) in [5.41, 5.74) is 1.95. The molecule has 2 amide bonds. The Morgan fingerprint density at radius 2 is 1.70 bits per heavy atom. The summed E-state index contributed by atoms with van der Waals surface area (Å²) < 4.78 is 30.0. The highest BCUT2D eigenvalue weighted by Gasteiger charge is 2.17. The van der Waals surface area contributed by atoms with E-state index < -0.39 is 15.7 Å². The summed E-state index contributed by atoms with van der Waals surface area (Å²) in [6.45, 7) is 3.25. The molecule has 0 aliphatic rings. The smallest absolute Gasteiger partial charge is 0.225 e. The zero-order chi connectivity index (χ0) is 20.0. The number of carbonyl (C=O) groups is 2. The van der Waals surface area contributed by atoms with Crippen LogP contribution in [0, 0.1) is 6.92 Å². The third kappa shape index (κ3) is 5.82. The van der Waals surface area contributed by atoms with Crippen molar-refractivity contribution in [1.29, 1.82) is 0 Å². The minimum Gasteiger partial charge on any atom is -0.495 e. The van der Waals surface area contributed by atoms with Crippen molar-refractivity contribution in [3.63, 3.8) is 0 Å². The number of nitrogens with one attached hydrogen (secondary N) is 2. The summed E-state index contributed by atoms with van der Waals surface area (Å²) in [5, 5.41) is 5.25. The zero-order valence-electron chi connectivity index (χ0n) is 15.4. The van der Waals surface area contributed by atoms with Crippen molar-refractivity contribution in [1.82, 2.24) is 0 Å². The first-order valence-corrected chi connectivity index (χ1v) is 9.91. The van der Waals surface area contributed by atoms with Crippen LogP contribution in [0.4, 0.5) is 11.4 Å². The third-order valence-corrected chi connectivity index (χ3v) is 5.49. The van der Waals surface area contributed by atoms with E-state index in [1.165, 1.54) is 38.3 Å². The quantitative estimate of drug-likeness (QED) is 0.757. The lowest BCUT2D eigenvalue weighted by Gasteiger charge is -2.11. The Bertz CT molecular complexity index is 937. The van der Waals surface area contributed by atoms with E-state index in [0.29, 0.717) is 17.1 Å². The average molecular weight is 390 g/mol. The molecule has 0 bridgehead atoms. The number of anilines is 2. The van der Waals surface area contributed by atoms with E-state index in [-0.39, 0.29) is 23.0 Å². The minimum absolute atomic E-state index is 0.0949. The first-order chi connectivity index (χ1) is 12.7. The van der Waals surface area contributed by atoms with Crippen LogP contribution in [0.3, 0.4) is 0 Å². The Morgan fingerprint density at radius 1 is 1.04 bits per heavy atom. The van der Waals surface area contributed by atoms with Gasteiger partial charge < -0.3 is 15.4 Å². The second-order valence-corrected chi connectivity index (χ2v) is 8.14. The Kier molecular flexibility index (Phi) is 6.57. The second-order valence-electron chi connectivity index (χ2n) is 6.03. The monoisotopic (exact) mass is 390 g/mol.